The fraction of sp³-hybridized carbons (Fsp3) is 0.667. The van der Waals surface area contributed by atoms with Gasteiger partial charge >= 0.3 is 0 Å². The molecule has 0 radical (unpaired) electrons. The van der Waals surface area contributed by atoms with E-state index in [1.807, 2.05) is 11.8 Å². The van der Waals surface area contributed by atoms with Gasteiger partial charge < -0.3 is 15.0 Å². The molecule has 1 N–H and O–H groups in total. The maximum absolute atomic E-state index is 12.4. The van der Waals surface area contributed by atoms with Crippen LogP contribution in [0.2, 0.25) is 0 Å². The van der Waals surface area contributed by atoms with E-state index in [1.54, 1.807) is 6.07 Å². The summed E-state index contributed by atoms with van der Waals surface area (Å²) >= 11 is 0. The van der Waals surface area contributed by atoms with Crippen molar-refractivity contribution in [2.75, 3.05) is 31.6 Å². The molecule has 0 spiro atoms. The normalized spacial score (nSPS) is 21.8. The SMILES string of the molecule is Cc1nc(NCC2CCCO2)cc(C(=O)N2CCCC2)n1. The van der Waals surface area contributed by atoms with Gasteiger partial charge in [-0.25, -0.2) is 9.97 Å². The second-order valence-corrected chi connectivity index (χ2v) is 5.70. The van der Waals surface area contributed by atoms with Gasteiger partial charge in [-0.1, -0.05) is 0 Å². The predicted octanol–water partition coefficient (Wildman–Crippen LogP) is 1.61. The average molecular weight is 290 g/mol. The van der Waals surface area contributed by atoms with E-state index < -0.39 is 0 Å². The second kappa shape index (κ2) is 6.39. The molecule has 6 heteroatoms. The number of nitrogens with zero attached hydrogens (tertiary/aromatic N) is 3. The van der Waals surface area contributed by atoms with Crippen LogP contribution >= 0.6 is 0 Å². The van der Waals surface area contributed by atoms with E-state index in [2.05, 4.69) is 15.3 Å². The van der Waals surface area contributed by atoms with Gasteiger partial charge in [0.2, 0.25) is 0 Å². The van der Waals surface area contributed by atoms with Gasteiger partial charge in [-0.2, -0.15) is 0 Å². The number of nitrogens with one attached hydrogen (secondary N) is 1. The van der Waals surface area contributed by atoms with Crippen LogP contribution in [0.4, 0.5) is 5.82 Å². The van der Waals surface area contributed by atoms with Crippen LogP contribution in [-0.2, 0) is 4.74 Å². The molecule has 2 aliphatic rings. The molecule has 0 aromatic carbocycles. The van der Waals surface area contributed by atoms with Gasteiger partial charge in [-0.3, -0.25) is 4.79 Å². The first kappa shape index (κ1) is 14.3. The maximum Gasteiger partial charge on any atom is 0.272 e. The number of aromatic nitrogens is 2. The Labute approximate surface area is 124 Å². The Balaban J connectivity index is 1.67. The zero-order valence-corrected chi connectivity index (χ0v) is 12.5. The minimum atomic E-state index is 0.0122. The molecule has 1 amide bonds. The van der Waals surface area contributed by atoms with Crippen LogP contribution in [0.3, 0.4) is 0 Å². The third-order valence-electron chi connectivity index (χ3n) is 3.99. The molecular weight excluding hydrogens is 268 g/mol. The van der Waals surface area contributed by atoms with Crippen molar-refractivity contribution in [3.05, 3.63) is 17.6 Å². The van der Waals surface area contributed by atoms with Gasteiger partial charge in [-0.15, -0.1) is 0 Å². The topological polar surface area (TPSA) is 67.4 Å². The average Bonchev–Trinajstić information content (AvgIpc) is 3.17. The Kier molecular flexibility index (Phi) is 4.34. The van der Waals surface area contributed by atoms with Gasteiger partial charge in [0.15, 0.2) is 0 Å². The molecule has 1 aromatic rings. The van der Waals surface area contributed by atoms with E-state index >= 15 is 0 Å². The maximum atomic E-state index is 12.4. The highest BCUT2D eigenvalue weighted by Gasteiger charge is 2.22. The monoisotopic (exact) mass is 290 g/mol. The molecule has 3 rings (SSSR count). The van der Waals surface area contributed by atoms with Crippen LogP contribution in [0.25, 0.3) is 0 Å². The van der Waals surface area contributed by atoms with E-state index in [-0.39, 0.29) is 12.0 Å². The van der Waals surface area contributed by atoms with Crippen LogP contribution in [0.5, 0.6) is 0 Å². The summed E-state index contributed by atoms with van der Waals surface area (Å²) in [6.45, 7) is 5.06. The standard InChI is InChI=1S/C15H22N4O2/c1-11-17-13(15(20)19-6-2-3-7-19)9-14(18-11)16-10-12-5-4-8-21-12/h9,12H,2-8,10H2,1H3,(H,16,17,18). The quantitative estimate of drug-likeness (QED) is 0.912. The molecule has 114 valence electrons. The molecule has 2 fully saturated rings. The molecule has 0 aliphatic carbocycles. The van der Waals surface area contributed by atoms with E-state index in [0.717, 1.165) is 51.9 Å². The predicted molar refractivity (Wildman–Crippen MR) is 79.4 cm³/mol. The van der Waals surface area contributed by atoms with E-state index in [9.17, 15) is 4.79 Å². The zero-order chi connectivity index (χ0) is 14.7. The van der Waals surface area contributed by atoms with Crippen molar-refractivity contribution in [1.82, 2.24) is 14.9 Å². The highest BCUT2D eigenvalue weighted by Crippen LogP contribution is 2.16. The van der Waals surface area contributed by atoms with Crippen molar-refractivity contribution in [3.8, 4) is 0 Å². The Morgan fingerprint density at radius 1 is 1.38 bits per heavy atom. The van der Waals surface area contributed by atoms with Gasteiger partial charge in [-0.05, 0) is 32.6 Å². The molecule has 1 atom stereocenters. The van der Waals surface area contributed by atoms with Crippen LogP contribution in [0.1, 0.15) is 42.0 Å². The first-order chi connectivity index (χ1) is 10.2. The van der Waals surface area contributed by atoms with Crippen LogP contribution < -0.4 is 5.32 Å². The number of ether oxygens (including phenoxy) is 1. The fourth-order valence-electron chi connectivity index (χ4n) is 2.87. The highest BCUT2D eigenvalue weighted by atomic mass is 16.5. The molecule has 1 aromatic heterocycles. The number of rotatable bonds is 4. The fourth-order valence-corrected chi connectivity index (χ4v) is 2.87. The smallest absolute Gasteiger partial charge is 0.272 e. The molecule has 0 bridgehead atoms. The highest BCUT2D eigenvalue weighted by molar-refractivity contribution is 5.93. The van der Waals surface area contributed by atoms with Crippen LogP contribution in [0.15, 0.2) is 6.07 Å². The zero-order valence-electron chi connectivity index (χ0n) is 12.5. The van der Waals surface area contributed by atoms with E-state index in [4.69, 9.17) is 4.74 Å². The number of hydrogen-bond acceptors (Lipinski definition) is 5. The summed E-state index contributed by atoms with van der Waals surface area (Å²) < 4.78 is 5.58. The van der Waals surface area contributed by atoms with Crippen molar-refractivity contribution >= 4 is 11.7 Å². The summed E-state index contributed by atoms with van der Waals surface area (Å²) in [7, 11) is 0. The van der Waals surface area contributed by atoms with Crippen molar-refractivity contribution in [1.29, 1.82) is 0 Å². The molecule has 21 heavy (non-hydrogen) atoms. The summed E-state index contributed by atoms with van der Waals surface area (Å²) in [5.74, 6) is 1.34. The van der Waals surface area contributed by atoms with Gasteiger partial charge in [0.05, 0.1) is 6.10 Å². The summed E-state index contributed by atoms with van der Waals surface area (Å²) in [6.07, 6.45) is 4.61. The van der Waals surface area contributed by atoms with Gasteiger partial charge in [0.25, 0.3) is 5.91 Å². The van der Waals surface area contributed by atoms with Crippen molar-refractivity contribution < 1.29 is 9.53 Å². The third kappa shape index (κ3) is 3.50. The van der Waals surface area contributed by atoms with Gasteiger partial charge in [0, 0.05) is 32.3 Å². The first-order valence-electron chi connectivity index (χ1n) is 7.73. The molecule has 1 unspecified atom stereocenters. The van der Waals surface area contributed by atoms with Gasteiger partial charge in [0.1, 0.15) is 17.3 Å². The summed E-state index contributed by atoms with van der Waals surface area (Å²) in [5, 5.41) is 3.27. The Hall–Kier alpha value is -1.69. The number of aryl methyl sites for hydroxylation is 1. The Morgan fingerprint density at radius 3 is 2.90 bits per heavy atom. The molecule has 0 saturated carbocycles. The van der Waals surface area contributed by atoms with E-state index in [1.165, 1.54) is 0 Å². The number of amides is 1. The molecule has 6 nitrogen and oxygen atoms in total. The Morgan fingerprint density at radius 2 is 2.19 bits per heavy atom. The number of likely N-dealkylation sites (tertiary alicyclic amines) is 1. The number of hydrogen-bond donors (Lipinski definition) is 1. The van der Waals surface area contributed by atoms with Crippen molar-refractivity contribution in [3.63, 3.8) is 0 Å². The largest absolute Gasteiger partial charge is 0.376 e. The van der Waals surface area contributed by atoms with Crippen molar-refractivity contribution in [2.24, 2.45) is 0 Å². The number of carbonyl (C=O) groups excluding carboxylic acids is 1. The summed E-state index contributed by atoms with van der Waals surface area (Å²) in [5.41, 5.74) is 0.485. The summed E-state index contributed by atoms with van der Waals surface area (Å²) in [6, 6.07) is 1.75. The minimum absolute atomic E-state index is 0.0122. The van der Waals surface area contributed by atoms with Crippen LogP contribution in [0, 0.1) is 6.92 Å². The lowest BCUT2D eigenvalue weighted by Gasteiger charge is -2.16. The molecule has 3 heterocycles. The molecular formula is C15H22N4O2. The lowest BCUT2D eigenvalue weighted by atomic mass is 10.2. The van der Waals surface area contributed by atoms with E-state index in [0.29, 0.717) is 17.3 Å². The third-order valence-corrected chi connectivity index (χ3v) is 3.99. The van der Waals surface area contributed by atoms with Crippen LogP contribution in [-0.4, -0.2) is 53.1 Å². The number of anilines is 1. The summed E-state index contributed by atoms with van der Waals surface area (Å²) in [4.78, 5) is 22.9. The Bertz CT molecular complexity index is 508. The lowest BCUT2D eigenvalue weighted by Crippen LogP contribution is -2.29. The minimum Gasteiger partial charge on any atom is -0.376 e. The second-order valence-electron chi connectivity index (χ2n) is 5.70. The first-order valence-corrected chi connectivity index (χ1v) is 7.73. The molecule has 2 aliphatic heterocycles. The number of carbonyl (C=O) groups is 1. The van der Waals surface area contributed by atoms with Crippen molar-refractivity contribution in [2.45, 2.75) is 38.7 Å². The lowest BCUT2D eigenvalue weighted by molar-refractivity contribution is 0.0786. The molecule has 2 saturated heterocycles.